The number of nitrogens with zero attached hydrogens (tertiary/aromatic N) is 2. The average Bonchev–Trinajstić information content (AvgIpc) is 3.57. The number of rotatable bonds is 9. The second-order valence-electron chi connectivity index (χ2n) is 7.73. The Kier molecular flexibility index (Phi) is 7.61. The molecule has 0 spiro atoms. The molecular weight excluding hydrogens is 368 g/mol. The topological polar surface area (TPSA) is 75.2 Å². The first kappa shape index (κ1) is 21.3. The number of amides is 1. The molecule has 0 unspecified atom stereocenters. The number of fused-ring (bicyclic) bond motifs is 1. The van der Waals surface area contributed by atoms with E-state index >= 15 is 0 Å². The highest BCUT2D eigenvalue weighted by atomic mass is 16.5. The fourth-order valence-electron chi connectivity index (χ4n) is 3.56. The van der Waals surface area contributed by atoms with Gasteiger partial charge in [0.15, 0.2) is 17.5 Å². The van der Waals surface area contributed by atoms with E-state index in [1.54, 1.807) is 14.2 Å². The summed E-state index contributed by atoms with van der Waals surface area (Å²) in [6.45, 7) is 5.94. The van der Waals surface area contributed by atoms with Crippen LogP contribution in [-0.2, 0) is 17.8 Å². The van der Waals surface area contributed by atoms with Crippen LogP contribution in [0.5, 0.6) is 11.5 Å². The van der Waals surface area contributed by atoms with Crippen LogP contribution in [-0.4, -0.2) is 57.2 Å². The second kappa shape index (κ2) is 10.4. The van der Waals surface area contributed by atoms with E-state index in [9.17, 15) is 4.79 Å². The summed E-state index contributed by atoms with van der Waals surface area (Å²) in [5, 5.41) is 6.61. The van der Waals surface area contributed by atoms with E-state index in [1.165, 1.54) is 18.4 Å². The highest BCUT2D eigenvalue weighted by Gasteiger charge is 2.23. The van der Waals surface area contributed by atoms with Crippen molar-refractivity contribution >= 4 is 11.9 Å². The Morgan fingerprint density at radius 1 is 1.17 bits per heavy atom. The first-order valence-corrected chi connectivity index (χ1v) is 10.7. The molecule has 0 bridgehead atoms. The SMILES string of the molecule is CCNC(=NCC1CC1)NCCCC(=O)N1CCc2cc(OC)c(OC)cc2C1. The third-order valence-corrected chi connectivity index (χ3v) is 5.48. The third-order valence-electron chi connectivity index (χ3n) is 5.48. The molecule has 0 atom stereocenters. The number of guanidine groups is 1. The zero-order valence-electron chi connectivity index (χ0n) is 17.9. The molecule has 1 aliphatic heterocycles. The normalized spacial score (nSPS) is 16.2. The molecule has 1 fully saturated rings. The summed E-state index contributed by atoms with van der Waals surface area (Å²) in [5.74, 6) is 3.29. The van der Waals surface area contributed by atoms with E-state index in [2.05, 4.69) is 22.5 Å². The number of carbonyl (C=O) groups excluding carboxylic acids is 1. The van der Waals surface area contributed by atoms with Crippen molar-refractivity contribution in [2.24, 2.45) is 10.9 Å². The lowest BCUT2D eigenvalue weighted by Gasteiger charge is -2.29. The molecule has 160 valence electrons. The molecule has 1 heterocycles. The van der Waals surface area contributed by atoms with Gasteiger partial charge in [-0.1, -0.05) is 0 Å². The lowest BCUT2D eigenvalue weighted by Crippen LogP contribution is -2.39. The Balaban J connectivity index is 1.46. The van der Waals surface area contributed by atoms with Crippen LogP contribution in [0.3, 0.4) is 0 Å². The van der Waals surface area contributed by atoms with Crippen molar-refractivity contribution in [3.05, 3.63) is 23.3 Å². The molecule has 7 nitrogen and oxygen atoms in total. The highest BCUT2D eigenvalue weighted by Crippen LogP contribution is 2.33. The Morgan fingerprint density at radius 2 is 1.90 bits per heavy atom. The molecule has 0 radical (unpaired) electrons. The Labute approximate surface area is 173 Å². The summed E-state index contributed by atoms with van der Waals surface area (Å²) in [5.41, 5.74) is 2.37. The van der Waals surface area contributed by atoms with Gasteiger partial charge in [0.25, 0.3) is 0 Å². The number of hydrogen-bond acceptors (Lipinski definition) is 4. The third kappa shape index (κ3) is 6.02. The summed E-state index contributed by atoms with van der Waals surface area (Å²) in [7, 11) is 3.29. The van der Waals surface area contributed by atoms with Crippen molar-refractivity contribution in [3.8, 4) is 11.5 Å². The molecule has 3 rings (SSSR count). The standard InChI is InChI=1S/C22H34N4O3/c1-4-23-22(25-14-16-7-8-16)24-10-5-6-21(27)26-11-9-17-12-19(28-2)20(29-3)13-18(17)15-26/h12-13,16H,4-11,14-15H2,1-3H3,(H2,23,24,25). The first-order chi connectivity index (χ1) is 14.1. The van der Waals surface area contributed by atoms with E-state index in [0.29, 0.717) is 18.7 Å². The number of benzene rings is 1. The Hall–Kier alpha value is -2.44. The maximum atomic E-state index is 12.7. The lowest BCUT2D eigenvalue weighted by atomic mass is 9.98. The number of nitrogens with one attached hydrogen (secondary N) is 2. The molecule has 7 heteroatoms. The minimum atomic E-state index is 0.201. The van der Waals surface area contributed by atoms with E-state index in [1.807, 2.05) is 17.0 Å². The zero-order valence-corrected chi connectivity index (χ0v) is 17.9. The number of hydrogen-bond donors (Lipinski definition) is 2. The minimum absolute atomic E-state index is 0.201. The number of ether oxygens (including phenoxy) is 2. The summed E-state index contributed by atoms with van der Waals surface area (Å²) < 4.78 is 10.8. The molecule has 1 amide bonds. The van der Waals surface area contributed by atoms with Crippen LogP contribution in [0.15, 0.2) is 17.1 Å². The maximum absolute atomic E-state index is 12.7. The van der Waals surface area contributed by atoms with Gasteiger partial charge in [-0.2, -0.15) is 0 Å². The van der Waals surface area contributed by atoms with Crippen molar-refractivity contribution < 1.29 is 14.3 Å². The van der Waals surface area contributed by atoms with Crippen LogP contribution in [0.25, 0.3) is 0 Å². The van der Waals surface area contributed by atoms with Crippen molar-refractivity contribution in [1.82, 2.24) is 15.5 Å². The molecule has 2 N–H and O–H groups in total. The van der Waals surface area contributed by atoms with Gasteiger partial charge in [0.05, 0.1) is 14.2 Å². The first-order valence-electron chi connectivity index (χ1n) is 10.7. The Morgan fingerprint density at radius 3 is 2.55 bits per heavy atom. The molecule has 0 aromatic heterocycles. The Bertz CT molecular complexity index is 731. The fourth-order valence-corrected chi connectivity index (χ4v) is 3.56. The summed E-state index contributed by atoms with van der Waals surface area (Å²) in [6.07, 6.45) is 4.78. The van der Waals surface area contributed by atoms with Crippen LogP contribution in [0.1, 0.15) is 43.7 Å². The van der Waals surface area contributed by atoms with Gasteiger partial charge in [-0.15, -0.1) is 0 Å². The van der Waals surface area contributed by atoms with Crippen LogP contribution in [0.2, 0.25) is 0 Å². The lowest BCUT2D eigenvalue weighted by molar-refractivity contribution is -0.132. The number of carbonyl (C=O) groups is 1. The number of aliphatic imine (C=N–C) groups is 1. The van der Waals surface area contributed by atoms with Crippen LogP contribution in [0, 0.1) is 5.92 Å². The average molecular weight is 403 g/mol. The van der Waals surface area contributed by atoms with Gasteiger partial charge in [-0.3, -0.25) is 9.79 Å². The van der Waals surface area contributed by atoms with Gasteiger partial charge in [-0.25, -0.2) is 0 Å². The molecule has 2 aliphatic rings. The van der Waals surface area contributed by atoms with Gasteiger partial charge in [-0.05, 0) is 61.8 Å². The maximum Gasteiger partial charge on any atom is 0.222 e. The van der Waals surface area contributed by atoms with Crippen molar-refractivity contribution in [1.29, 1.82) is 0 Å². The molecule has 1 aromatic rings. The van der Waals surface area contributed by atoms with Gasteiger partial charge in [0.2, 0.25) is 5.91 Å². The van der Waals surface area contributed by atoms with E-state index < -0.39 is 0 Å². The van der Waals surface area contributed by atoms with E-state index in [4.69, 9.17) is 9.47 Å². The van der Waals surface area contributed by atoms with E-state index in [0.717, 1.165) is 62.2 Å². The van der Waals surface area contributed by atoms with E-state index in [-0.39, 0.29) is 5.91 Å². The van der Waals surface area contributed by atoms with Gasteiger partial charge >= 0.3 is 0 Å². The largest absolute Gasteiger partial charge is 0.493 e. The molecule has 29 heavy (non-hydrogen) atoms. The molecule has 1 aliphatic carbocycles. The number of methoxy groups -OCH3 is 2. The predicted molar refractivity (Wildman–Crippen MR) is 115 cm³/mol. The molecular formula is C22H34N4O3. The zero-order chi connectivity index (χ0) is 20.6. The molecule has 1 saturated carbocycles. The second-order valence-corrected chi connectivity index (χ2v) is 7.73. The van der Waals surface area contributed by atoms with Crippen LogP contribution >= 0.6 is 0 Å². The fraction of sp³-hybridized carbons (Fsp3) is 0.636. The van der Waals surface area contributed by atoms with Gasteiger partial charge in [0, 0.05) is 39.1 Å². The van der Waals surface area contributed by atoms with Crippen LogP contribution in [0.4, 0.5) is 0 Å². The van der Waals surface area contributed by atoms with Gasteiger partial charge in [0.1, 0.15) is 0 Å². The van der Waals surface area contributed by atoms with Crippen molar-refractivity contribution in [2.75, 3.05) is 40.4 Å². The van der Waals surface area contributed by atoms with Crippen molar-refractivity contribution in [2.45, 2.75) is 45.6 Å². The molecule has 1 aromatic carbocycles. The van der Waals surface area contributed by atoms with Crippen molar-refractivity contribution in [3.63, 3.8) is 0 Å². The summed E-state index contributed by atoms with van der Waals surface area (Å²) in [4.78, 5) is 19.2. The van der Waals surface area contributed by atoms with Gasteiger partial charge < -0.3 is 25.0 Å². The predicted octanol–water partition coefficient (Wildman–Crippen LogP) is 2.33. The summed E-state index contributed by atoms with van der Waals surface area (Å²) in [6, 6.07) is 4.03. The highest BCUT2D eigenvalue weighted by molar-refractivity contribution is 5.80. The smallest absolute Gasteiger partial charge is 0.222 e. The summed E-state index contributed by atoms with van der Waals surface area (Å²) >= 11 is 0. The molecule has 0 saturated heterocycles. The van der Waals surface area contributed by atoms with Crippen LogP contribution < -0.4 is 20.1 Å². The monoisotopic (exact) mass is 402 g/mol. The minimum Gasteiger partial charge on any atom is -0.493 e. The quantitative estimate of drug-likeness (QED) is 0.377.